The minimum absolute atomic E-state index is 0.751. The van der Waals surface area contributed by atoms with Crippen molar-refractivity contribution in [3.63, 3.8) is 0 Å². The van der Waals surface area contributed by atoms with Crippen LogP contribution in [-0.4, -0.2) is 6.21 Å². The fourth-order valence-electron chi connectivity index (χ4n) is 1.47. The van der Waals surface area contributed by atoms with Crippen LogP contribution in [0.1, 0.15) is 12.7 Å². The van der Waals surface area contributed by atoms with Gasteiger partial charge in [-0.25, -0.2) is 0 Å². The van der Waals surface area contributed by atoms with Gasteiger partial charge in [-0.2, -0.15) is 0 Å². The molecule has 2 aromatic rings. The Bertz CT molecular complexity index is 594. The Balaban J connectivity index is 2.40. The van der Waals surface area contributed by atoms with E-state index in [1.54, 1.807) is 12.5 Å². The van der Waals surface area contributed by atoms with Crippen LogP contribution in [0.15, 0.2) is 52.1 Å². The summed E-state index contributed by atoms with van der Waals surface area (Å²) in [6, 6.07) is 11.6. The quantitative estimate of drug-likeness (QED) is 0.697. The van der Waals surface area contributed by atoms with Crippen LogP contribution in [0, 0.1) is 0 Å². The molecule has 0 fully saturated rings. The summed E-state index contributed by atoms with van der Waals surface area (Å²) in [5, 5.41) is 2.04. The highest BCUT2D eigenvalue weighted by Gasteiger charge is 1.90. The molecule has 1 aromatic heterocycles. The molecule has 80 valence electrons. The van der Waals surface area contributed by atoms with Crippen LogP contribution in [0.3, 0.4) is 0 Å². The molecule has 2 heteroatoms. The summed E-state index contributed by atoms with van der Waals surface area (Å²) in [4.78, 5) is 4.36. The lowest BCUT2D eigenvalue weighted by Gasteiger charge is -1.93. The van der Waals surface area contributed by atoms with Crippen molar-refractivity contribution in [2.24, 2.45) is 4.99 Å². The predicted octanol–water partition coefficient (Wildman–Crippen LogP) is 1.94. The highest BCUT2D eigenvalue weighted by atomic mass is 16.3. The third-order valence-corrected chi connectivity index (χ3v) is 2.34. The lowest BCUT2D eigenvalue weighted by molar-refractivity contribution is 0.560. The first-order valence-corrected chi connectivity index (χ1v) is 5.10. The standard InChI is InChI=1S/C14H13NO/c1-11-6-3-4-8-14(11)12(2)15-10-13-7-5-9-16-13/h3-10H,1H2,2H3/b14-12-,15-10?. The van der Waals surface area contributed by atoms with Crippen molar-refractivity contribution in [2.75, 3.05) is 0 Å². The summed E-state index contributed by atoms with van der Waals surface area (Å²) in [5.74, 6) is 0.751. The third kappa shape index (κ3) is 2.28. The van der Waals surface area contributed by atoms with E-state index in [1.807, 2.05) is 43.3 Å². The number of nitrogens with zero attached hydrogens (tertiary/aromatic N) is 1. The fraction of sp³-hybridized carbons (Fsp3) is 0.0714. The van der Waals surface area contributed by atoms with Crippen molar-refractivity contribution in [2.45, 2.75) is 6.92 Å². The van der Waals surface area contributed by atoms with E-state index in [4.69, 9.17) is 4.42 Å². The molecular weight excluding hydrogens is 198 g/mol. The molecule has 0 amide bonds. The molecular formula is C14H13NO. The van der Waals surface area contributed by atoms with Crippen LogP contribution in [0.25, 0.3) is 12.3 Å². The second-order valence-electron chi connectivity index (χ2n) is 3.52. The molecule has 2 rings (SSSR count). The number of benzene rings is 1. The Morgan fingerprint density at radius 1 is 1.25 bits per heavy atom. The van der Waals surface area contributed by atoms with Crippen molar-refractivity contribution in [1.82, 2.24) is 0 Å². The van der Waals surface area contributed by atoms with E-state index in [0.29, 0.717) is 0 Å². The van der Waals surface area contributed by atoms with Crippen molar-refractivity contribution >= 4 is 18.5 Å². The Kier molecular flexibility index (Phi) is 3.01. The Morgan fingerprint density at radius 2 is 2.06 bits per heavy atom. The van der Waals surface area contributed by atoms with Gasteiger partial charge in [0.2, 0.25) is 0 Å². The number of rotatable bonds is 2. The van der Waals surface area contributed by atoms with Crippen molar-refractivity contribution in [1.29, 1.82) is 0 Å². The van der Waals surface area contributed by atoms with E-state index >= 15 is 0 Å². The van der Waals surface area contributed by atoms with Crippen LogP contribution in [0.4, 0.5) is 0 Å². The van der Waals surface area contributed by atoms with Crippen LogP contribution in [0.5, 0.6) is 0 Å². The molecule has 16 heavy (non-hydrogen) atoms. The van der Waals surface area contributed by atoms with Gasteiger partial charge in [0, 0.05) is 10.9 Å². The zero-order chi connectivity index (χ0) is 11.4. The molecule has 0 bridgehead atoms. The van der Waals surface area contributed by atoms with Gasteiger partial charge in [0.25, 0.3) is 0 Å². The first kappa shape index (κ1) is 10.4. The van der Waals surface area contributed by atoms with Gasteiger partial charge in [0.1, 0.15) is 5.76 Å². The zero-order valence-corrected chi connectivity index (χ0v) is 9.18. The van der Waals surface area contributed by atoms with E-state index < -0.39 is 0 Å². The molecule has 0 unspecified atom stereocenters. The average Bonchev–Trinajstić information content (AvgIpc) is 2.79. The molecule has 0 radical (unpaired) electrons. The summed E-state index contributed by atoms with van der Waals surface area (Å²) >= 11 is 0. The summed E-state index contributed by atoms with van der Waals surface area (Å²) in [7, 11) is 0. The summed E-state index contributed by atoms with van der Waals surface area (Å²) in [5.41, 5.74) is 0.932. The number of furan rings is 1. The van der Waals surface area contributed by atoms with Gasteiger partial charge < -0.3 is 4.42 Å². The minimum atomic E-state index is 0.751. The summed E-state index contributed by atoms with van der Waals surface area (Å²) < 4.78 is 5.17. The van der Waals surface area contributed by atoms with E-state index in [9.17, 15) is 0 Å². The second kappa shape index (κ2) is 4.62. The monoisotopic (exact) mass is 211 g/mol. The van der Waals surface area contributed by atoms with Gasteiger partial charge in [-0.1, -0.05) is 30.8 Å². The summed E-state index contributed by atoms with van der Waals surface area (Å²) in [6.07, 6.45) is 3.34. The van der Waals surface area contributed by atoms with Gasteiger partial charge in [-0.15, -0.1) is 0 Å². The van der Waals surface area contributed by atoms with E-state index in [0.717, 1.165) is 21.9 Å². The lowest BCUT2D eigenvalue weighted by Crippen LogP contribution is -2.23. The molecule has 0 atom stereocenters. The number of aliphatic imine (C=N–C) groups is 1. The van der Waals surface area contributed by atoms with Gasteiger partial charge in [0.15, 0.2) is 0 Å². The molecule has 0 aliphatic heterocycles. The van der Waals surface area contributed by atoms with Crippen molar-refractivity contribution in [3.05, 3.63) is 58.9 Å². The van der Waals surface area contributed by atoms with Gasteiger partial charge in [0.05, 0.1) is 12.5 Å². The first-order valence-electron chi connectivity index (χ1n) is 5.10. The molecule has 1 heterocycles. The molecule has 0 spiro atoms. The van der Waals surface area contributed by atoms with E-state index in [2.05, 4.69) is 11.6 Å². The molecule has 1 aromatic carbocycles. The van der Waals surface area contributed by atoms with E-state index in [1.165, 1.54) is 0 Å². The van der Waals surface area contributed by atoms with Gasteiger partial charge in [-0.3, -0.25) is 4.99 Å². The van der Waals surface area contributed by atoms with Crippen LogP contribution in [0.2, 0.25) is 0 Å². The van der Waals surface area contributed by atoms with Crippen LogP contribution >= 0.6 is 0 Å². The maximum Gasteiger partial charge on any atom is 0.144 e. The van der Waals surface area contributed by atoms with Crippen LogP contribution < -0.4 is 10.4 Å². The van der Waals surface area contributed by atoms with E-state index in [-0.39, 0.29) is 0 Å². The molecule has 0 saturated heterocycles. The Hall–Kier alpha value is -2.09. The molecule has 0 aliphatic carbocycles. The zero-order valence-electron chi connectivity index (χ0n) is 9.18. The largest absolute Gasteiger partial charge is 0.463 e. The number of hydrogen-bond donors (Lipinski definition) is 0. The predicted molar refractivity (Wildman–Crippen MR) is 66.6 cm³/mol. The smallest absolute Gasteiger partial charge is 0.144 e. The van der Waals surface area contributed by atoms with Crippen LogP contribution in [-0.2, 0) is 0 Å². The van der Waals surface area contributed by atoms with Gasteiger partial charge in [-0.05, 0) is 24.3 Å². The Morgan fingerprint density at radius 3 is 2.75 bits per heavy atom. The summed E-state index contributed by atoms with van der Waals surface area (Å²) in [6.45, 7) is 5.93. The molecule has 0 N–H and O–H groups in total. The fourth-order valence-corrected chi connectivity index (χ4v) is 1.47. The normalized spacial score (nSPS) is 13.1. The third-order valence-electron chi connectivity index (χ3n) is 2.34. The minimum Gasteiger partial charge on any atom is -0.463 e. The molecule has 0 saturated carbocycles. The second-order valence-corrected chi connectivity index (χ2v) is 3.52. The highest BCUT2D eigenvalue weighted by molar-refractivity contribution is 5.79. The van der Waals surface area contributed by atoms with Crippen molar-refractivity contribution < 1.29 is 4.42 Å². The maximum absolute atomic E-state index is 5.17. The lowest BCUT2D eigenvalue weighted by atomic mass is 10.2. The Labute approximate surface area is 94.3 Å². The topological polar surface area (TPSA) is 25.5 Å². The maximum atomic E-state index is 5.17. The first-order chi connectivity index (χ1) is 7.77. The van der Waals surface area contributed by atoms with Gasteiger partial charge >= 0.3 is 0 Å². The molecule has 2 nitrogen and oxygen atoms in total. The molecule has 0 aliphatic rings. The average molecular weight is 211 g/mol. The number of hydrogen-bond acceptors (Lipinski definition) is 2. The highest BCUT2D eigenvalue weighted by Crippen LogP contribution is 1.98. The van der Waals surface area contributed by atoms with Crippen molar-refractivity contribution in [3.8, 4) is 0 Å². The SMILES string of the molecule is C=c1cccc/c1=C(\C)N=Cc1ccco1.